The van der Waals surface area contributed by atoms with E-state index in [0.29, 0.717) is 12.8 Å². The number of unbranched alkanes of at least 4 members (excludes halogenated alkanes) is 1. The van der Waals surface area contributed by atoms with Gasteiger partial charge in [0.05, 0.1) is 23.8 Å². The number of nitrogens with two attached hydrogens (primary N) is 1. The van der Waals surface area contributed by atoms with Crippen molar-refractivity contribution >= 4 is 27.6 Å². The van der Waals surface area contributed by atoms with Gasteiger partial charge in [0.15, 0.2) is 0 Å². The summed E-state index contributed by atoms with van der Waals surface area (Å²) in [5.74, 6) is -0.753. The molecule has 0 heterocycles. The Bertz CT molecular complexity index is 662. The number of sulfonamides is 1. The van der Waals surface area contributed by atoms with E-state index >= 15 is 0 Å². The van der Waals surface area contributed by atoms with Crippen LogP contribution in [-0.2, 0) is 19.6 Å². The van der Waals surface area contributed by atoms with Crippen LogP contribution in [0.25, 0.3) is 0 Å². The summed E-state index contributed by atoms with van der Waals surface area (Å²) in [5, 5.41) is 13.9. The Balaban J connectivity index is 2.55. The number of esters is 1. The molecular weight excluding hydrogens is 340 g/mol. The summed E-state index contributed by atoms with van der Waals surface area (Å²) in [6, 6.07) is 3.55. The highest BCUT2D eigenvalue weighted by Crippen LogP contribution is 2.21. The number of carbonyl (C=O) groups excluding carboxylic acids is 1. The lowest BCUT2D eigenvalue weighted by Crippen LogP contribution is -2.14. The van der Waals surface area contributed by atoms with Gasteiger partial charge < -0.3 is 9.57 Å². The molecule has 0 atom stereocenters. The molecule has 0 amide bonds. The van der Waals surface area contributed by atoms with Crippen LogP contribution in [0, 0.1) is 10.1 Å². The number of carbonyl (C=O) groups is 1. The maximum atomic E-state index is 11.7. The first-order chi connectivity index (χ1) is 10.2. The van der Waals surface area contributed by atoms with Crippen molar-refractivity contribution in [3.05, 3.63) is 38.9 Å². The molecule has 0 spiro atoms. The Morgan fingerprint density at radius 3 is 2.55 bits per heavy atom. The topological polar surface area (TPSA) is 139 Å². The molecule has 0 saturated heterocycles. The summed E-state index contributed by atoms with van der Waals surface area (Å²) >= 11 is 5.69. The molecule has 22 heavy (non-hydrogen) atoms. The third kappa shape index (κ3) is 5.84. The van der Waals surface area contributed by atoms with Crippen molar-refractivity contribution in [2.24, 2.45) is 5.14 Å². The van der Waals surface area contributed by atoms with Gasteiger partial charge in [-0.1, -0.05) is 11.6 Å². The van der Waals surface area contributed by atoms with E-state index in [-0.39, 0.29) is 28.7 Å². The van der Waals surface area contributed by atoms with E-state index in [0.717, 1.165) is 6.07 Å². The number of rotatable bonds is 8. The zero-order valence-electron chi connectivity index (χ0n) is 11.2. The van der Waals surface area contributed by atoms with Gasteiger partial charge in [-0.3, -0.25) is 0 Å². The number of benzene rings is 1. The Kier molecular flexibility index (Phi) is 6.53. The number of halogens is 1. The number of hydrogen-bond acceptors (Lipinski definition) is 7. The van der Waals surface area contributed by atoms with E-state index in [4.69, 9.17) is 21.5 Å². The average molecular weight is 353 g/mol. The molecule has 0 saturated carbocycles. The molecule has 0 unspecified atom stereocenters. The lowest BCUT2D eigenvalue weighted by Gasteiger charge is -2.07. The van der Waals surface area contributed by atoms with Crippen LogP contribution in [0.3, 0.4) is 0 Å². The largest absolute Gasteiger partial charge is 0.462 e. The molecule has 1 aromatic carbocycles. The molecule has 0 aliphatic heterocycles. The fourth-order valence-electron chi connectivity index (χ4n) is 1.44. The molecule has 0 bridgehead atoms. The Hall–Kier alpha value is -1.91. The van der Waals surface area contributed by atoms with Crippen LogP contribution in [0.5, 0.6) is 0 Å². The quantitative estimate of drug-likeness (QED) is 0.320. The molecule has 2 N–H and O–H groups in total. The highest BCUT2D eigenvalue weighted by molar-refractivity contribution is 7.89. The van der Waals surface area contributed by atoms with Crippen molar-refractivity contribution in [1.82, 2.24) is 0 Å². The molecule has 0 fully saturated rings. The first-order valence-electron chi connectivity index (χ1n) is 5.98. The Labute approximate surface area is 131 Å². The fraction of sp³-hybridized carbons (Fsp3) is 0.364. The van der Waals surface area contributed by atoms with Crippen LogP contribution in [0.4, 0.5) is 0 Å². The van der Waals surface area contributed by atoms with Gasteiger partial charge in [0, 0.05) is 0 Å². The molecule has 0 radical (unpaired) electrons. The minimum atomic E-state index is -4.05. The molecular formula is C11H13ClN2O7S. The van der Waals surface area contributed by atoms with E-state index in [1.54, 1.807) is 0 Å². The Morgan fingerprint density at radius 1 is 1.32 bits per heavy atom. The number of hydrogen-bond donors (Lipinski definition) is 1. The van der Waals surface area contributed by atoms with Gasteiger partial charge in [-0.2, -0.15) is 0 Å². The number of nitrogens with zero attached hydrogens (tertiary/aromatic N) is 1. The summed E-state index contributed by atoms with van der Waals surface area (Å²) in [6.07, 6.45) is 0.687. The predicted molar refractivity (Wildman–Crippen MR) is 75.3 cm³/mol. The van der Waals surface area contributed by atoms with Gasteiger partial charge in [0.25, 0.3) is 5.09 Å². The molecule has 0 aromatic heterocycles. The van der Waals surface area contributed by atoms with Crippen molar-refractivity contribution in [2.75, 3.05) is 13.2 Å². The monoisotopic (exact) mass is 352 g/mol. The molecule has 11 heteroatoms. The second-order valence-electron chi connectivity index (χ2n) is 4.09. The highest BCUT2D eigenvalue weighted by Gasteiger charge is 2.17. The van der Waals surface area contributed by atoms with Crippen molar-refractivity contribution in [1.29, 1.82) is 0 Å². The van der Waals surface area contributed by atoms with Crippen molar-refractivity contribution in [3.63, 3.8) is 0 Å². The van der Waals surface area contributed by atoms with E-state index in [1.165, 1.54) is 12.1 Å². The summed E-state index contributed by atoms with van der Waals surface area (Å²) in [7, 11) is -4.05. The van der Waals surface area contributed by atoms with Gasteiger partial charge >= 0.3 is 5.97 Å². The number of ether oxygens (including phenoxy) is 1. The minimum absolute atomic E-state index is 0.00718. The summed E-state index contributed by atoms with van der Waals surface area (Å²) in [4.78, 5) is 25.3. The van der Waals surface area contributed by atoms with E-state index in [1.807, 2.05) is 0 Å². The first-order valence-corrected chi connectivity index (χ1v) is 7.91. The molecule has 0 aliphatic carbocycles. The van der Waals surface area contributed by atoms with Crippen LogP contribution in [-0.4, -0.2) is 32.7 Å². The summed E-state index contributed by atoms with van der Waals surface area (Å²) in [5.41, 5.74) is -0.0185. The van der Waals surface area contributed by atoms with Crippen LogP contribution in [0.1, 0.15) is 23.2 Å². The minimum Gasteiger partial charge on any atom is -0.462 e. The maximum absolute atomic E-state index is 11.7. The summed E-state index contributed by atoms with van der Waals surface area (Å²) in [6.45, 7) is -0.0890. The highest BCUT2D eigenvalue weighted by atomic mass is 35.5. The normalized spacial score (nSPS) is 11.0. The van der Waals surface area contributed by atoms with Crippen LogP contribution in [0.15, 0.2) is 23.1 Å². The standard InChI is InChI=1S/C11H13ClN2O7S/c12-9-4-3-8(7-10(9)22(13,18)19)11(15)20-5-1-2-6-21-14(16)17/h3-4,7H,1-2,5-6H2,(H2,13,18,19). The third-order valence-electron chi connectivity index (χ3n) is 2.44. The molecule has 9 nitrogen and oxygen atoms in total. The summed E-state index contributed by atoms with van der Waals surface area (Å²) < 4.78 is 27.5. The first kappa shape index (κ1) is 18.1. The molecule has 122 valence electrons. The zero-order valence-corrected chi connectivity index (χ0v) is 12.8. The maximum Gasteiger partial charge on any atom is 0.338 e. The lowest BCUT2D eigenvalue weighted by molar-refractivity contribution is -0.757. The van der Waals surface area contributed by atoms with Gasteiger partial charge in [0.1, 0.15) is 4.90 Å². The van der Waals surface area contributed by atoms with Gasteiger partial charge in [-0.05, 0) is 31.0 Å². The fourth-order valence-corrected chi connectivity index (χ4v) is 2.51. The molecule has 0 aliphatic rings. The van der Waals surface area contributed by atoms with Crippen LogP contribution < -0.4 is 5.14 Å². The van der Waals surface area contributed by atoms with Crippen LogP contribution >= 0.6 is 11.6 Å². The zero-order chi connectivity index (χ0) is 16.8. The van der Waals surface area contributed by atoms with E-state index in [2.05, 4.69) is 4.84 Å². The van der Waals surface area contributed by atoms with Crippen molar-refractivity contribution < 1.29 is 27.9 Å². The van der Waals surface area contributed by atoms with Crippen molar-refractivity contribution in [3.8, 4) is 0 Å². The molecule has 1 rings (SSSR count). The predicted octanol–water partition coefficient (Wildman–Crippen LogP) is 1.13. The molecule has 1 aromatic rings. The Morgan fingerprint density at radius 2 is 1.95 bits per heavy atom. The smallest absolute Gasteiger partial charge is 0.338 e. The van der Waals surface area contributed by atoms with Crippen molar-refractivity contribution in [2.45, 2.75) is 17.7 Å². The van der Waals surface area contributed by atoms with Gasteiger partial charge in [-0.15, -0.1) is 10.1 Å². The van der Waals surface area contributed by atoms with Gasteiger partial charge in [-0.25, -0.2) is 18.4 Å². The average Bonchev–Trinajstić information content (AvgIpc) is 2.41. The van der Waals surface area contributed by atoms with Gasteiger partial charge in [0.2, 0.25) is 10.0 Å². The SMILES string of the molecule is NS(=O)(=O)c1cc(C(=O)OCCCCO[N+](=O)[O-])ccc1Cl. The van der Waals surface area contributed by atoms with E-state index in [9.17, 15) is 23.3 Å². The lowest BCUT2D eigenvalue weighted by atomic mass is 10.2. The van der Waals surface area contributed by atoms with Crippen LogP contribution in [0.2, 0.25) is 5.02 Å². The second kappa shape index (κ2) is 7.92. The number of primary sulfonamides is 1. The third-order valence-corrected chi connectivity index (χ3v) is 3.83. The second-order valence-corrected chi connectivity index (χ2v) is 6.03. The van der Waals surface area contributed by atoms with E-state index < -0.39 is 21.1 Å².